The molecule has 1 saturated heterocycles. The Morgan fingerprint density at radius 1 is 1.25 bits per heavy atom. The number of rotatable bonds is 4. The molecule has 1 aromatic heterocycles. The molecule has 2 heterocycles. The summed E-state index contributed by atoms with van der Waals surface area (Å²) in [5.41, 5.74) is 0.881. The highest BCUT2D eigenvalue weighted by atomic mass is 35.5. The SMILES string of the molecule is Clc1ccc(-c2noc(COC3CCNCC3)n2)cc1. The van der Waals surface area contributed by atoms with Crippen LogP contribution in [-0.4, -0.2) is 29.3 Å². The van der Waals surface area contributed by atoms with E-state index in [4.69, 9.17) is 20.9 Å². The van der Waals surface area contributed by atoms with Crippen LogP contribution in [0, 0.1) is 0 Å². The molecule has 0 radical (unpaired) electrons. The molecule has 5 nitrogen and oxygen atoms in total. The maximum absolute atomic E-state index is 5.85. The van der Waals surface area contributed by atoms with E-state index in [9.17, 15) is 0 Å². The molecule has 0 unspecified atom stereocenters. The Morgan fingerprint density at radius 2 is 2.00 bits per heavy atom. The monoisotopic (exact) mass is 293 g/mol. The van der Waals surface area contributed by atoms with Gasteiger partial charge in [0.1, 0.15) is 6.61 Å². The van der Waals surface area contributed by atoms with E-state index in [2.05, 4.69) is 15.5 Å². The highest BCUT2D eigenvalue weighted by molar-refractivity contribution is 6.30. The van der Waals surface area contributed by atoms with E-state index in [-0.39, 0.29) is 6.10 Å². The molecule has 0 atom stereocenters. The molecule has 1 aliphatic heterocycles. The van der Waals surface area contributed by atoms with Gasteiger partial charge in [0, 0.05) is 10.6 Å². The Bertz CT molecular complexity index is 550. The van der Waals surface area contributed by atoms with Gasteiger partial charge in [0.2, 0.25) is 5.82 Å². The zero-order valence-electron chi connectivity index (χ0n) is 11.0. The lowest BCUT2D eigenvalue weighted by Gasteiger charge is -2.21. The van der Waals surface area contributed by atoms with Crippen molar-refractivity contribution in [3.05, 3.63) is 35.2 Å². The van der Waals surface area contributed by atoms with E-state index in [0.29, 0.717) is 23.3 Å². The van der Waals surface area contributed by atoms with Gasteiger partial charge < -0.3 is 14.6 Å². The lowest BCUT2D eigenvalue weighted by atomic mass is 10.1. The van der Waals surface area contributed by atoms with E-state index < -0.39 is 0 Å². The van der Waals surface area contributed by atoms with Gasteiger partial charge in [-0.25, -0.2) is 0 Å². The van der Waals surface area contributed by atoms with Crippen LogP contribution in [0.15, 0.2) is 28.8 Å². The van der Waals surface area contributed by atoms with Crippen molar-refractivity contribution in [1.82, 2.24) is 15.5 Å². The Hall–Kier alpha value is -1.43. The first-order chi connectivity index (χ1) is 9.81. The van der Waals surface area contributed by atoms with E-state index in [1.807, 2.05) is 12.1 Å². The van der Waals surface area contributed by atoms with Gasteiger partial charge in [-0.3, -0.25) is 0 Å². The van der Waals surface area contributed by atoms with Crippen molar-refractivity contribution in [2.24, 2.45) is 0 Å². The molecule has 0 amide bonds. The standard InChI is InChI=1S/C14H16ClN3O2/c15-11-3-1-10(2-4-11)14-17-13(20-18-14)9-19-12-5-7-16-8-6-12/h1-4,12,16H,5-9H2. The summed E-state index contributed by atoms with van der Waals surface area (Å²) in [6.07, 6.45) is 2.33. The Balaban J connectivity index is 1.60. The molecule has 3 rings (SSSR count). The van der Waals surface area contributed by atoms with Gasteiger partial charge in [0.25, 0.3) is 5.89 Å². The van der Waals surface area contributed by atoms with Crippen LogP contribution in [0.5, 0.6) is 0 Å². The fourth-order valence-corrected chi connectivity index (χ4v) is 2.31. The number of ether oxygens (including phenoxy) is 1. The number of halogens is 1. The normalized spacial score (nSPS) is 16.4. The number of hydrogen-bond donors (Lipinski definition) is 1. The van der Waals surface area contributed by atoms with Crippen molar-refractivity contribution in [3.8, 4) is 11.4 Å². The number of nitrogens with zero attached hydrogens (tertiary/aromatic N) is 2. The highest BCUT2D eigenvalue weighted by Crippen LogP contribution is 2.19. The lowest BCUT2D eigenvalue weighted by molar-refractivity contribution is 0.00859. The zero-order chi connectivity index (χ0) is 13.8. The fraction of sp³-hybridized carbons (Fsp3) is 0.429. The molecule has 0 aliphatic carbocycles. The average Bonchev–Trinajstić information content (AvgIpc) is 2.96. The van der Waals surface area contributed by atoms with Gasteiger partial charge in [-0.1, -0.05) is 16.8 Å². The topological polar surface area (TPSA) is 60.2 Å². The van der Waals surface area contributed by atoms with Gasteiger partial charge in [-0.15, -0.1) is 0 Å². The minimum Gasteiger partial charge on any atom is -0.368 e. The molecule has 106 valence electrons. The highest BCUT2D eigenvalue weighted by Gasteiger charge is 2.15. The molecule has 1 aliphatic rings. The van der Waals surface area contributed by atoms with Crippen molar-refractivity contribution in [2.45, 2.75) is 25.6 Å². The smallest absolute Gasteiger partial charge is 0.252 e. The Labute approximate surface area is 122 Å². The van der Waals surface area contributed by atoms with E-state index in [1.165, 1.54) is 0 Å². The minimum absolute atomic E-state index is 0.280. The molecule has 1 aromatic carbocycles. The van der Waals surface area contributed by atoms with Crippen molar-refractivity contribution in [3.63, 3.8) is 0 Å². The predicted octanol–water partition coefficient (Wildman–Crippen LogP) is 2.66. The molecule has 2 aromatic rings. The molecular formula is C14H16ClN3O2. The van der Waals surface area contributed by atoms with Crippen LogP contribution < -0.4 is 5.32 Å². The fourth-order valence-electron chi connectivity index (χ4n) is 2.18. The summed E-state index contributed by atoms with van der Waals surface area (Å²) in [4.78, 5) is 4.33. The van der Waals surface area contributed by atoms with E-state index in [0.717, 1.165) is 31.5 Å². The number of hydrogen-bond acceptors (Lipinski definition) is 5. The minimum atomic E-state index is 0.280. The summed E-state index contributed by atoms with van der Waals surface area (Å²) in [5, 5.41) is 7.95. The quantitative estimate of drug-likeness (QED) is 0.939. The molecule has 1 fully saturated rings. The lowest BCUT2D eigenvalue weighted by Crippen LogP contribution is -2.32. The van der Waals surface area contributed by atoms with Crippen molar-refractivity contribution in [2.75, 3.05) is 13.1 Å². The maximum atomic E-state index is 5.85. The summed E-state index contributed by atoms with van der Waals surface area (Å²) in [6.45, 7) is 2.38. The van der Waals surface area contributed by atoms with Gasteiger partial charge in [0.15, 0.2) is 0 Å². The Kier molecular flexibility index (Phi) is 4.30. The average molecular weight is 294 g/mol. The second kappa shape index (κ2) is 6.35. The summed E-state index contributed by atoms with van der Waals surface area (Å²) in [7, 11) is 0. The van der Waals surface area contributed by atoms with Gasteiger partial charge in [0.05, 0.1) is 6.10 Å². The molecule has 20 heavy (non-hydrogen) atoms. The van der Waals surface area contributed by atoms with Crippen LogP contribution in [0.25, 0.3) is 11.4 Å². The third-order valence-corrected chi connectivity index (χ3v) is 3.55. The maximum Gasteiger partial charge on any atom is 0.252 e. The molecule has 0 saturated carbocycles. The molecule has 0 spiro atoms. The van der Waals surface area contributed by atoms with Crippen molar-refractivity contribution < 1.29 is 9.26 Å². The first-order valence-corrected chi connectivity index (χ1v) is 7.10. The van der Waals surface area contributed by atoms with Crippen LogP contribution in [0.3, 0.4) is 0 Å². The van der Waals surface area contributed by atoms with Crippen LogP contribution in [0.1, 0.15) is 18.7 Å². The van der Waals surface area contributed by atoms with E-state index in [1.54, 1.807) is 12.1 Å². The summed E-state index contributed by atoms with van der Waals surface area (Å²) in [5.74, 6) is 1.07. The van der Waals surface area contributed by atoms with E-state index >= 15 is 0 Å². The van der Waals surface area contributed by atoms with Crippen LogP contribution in [0.4, 0.5) is 0 Å². The largest absolute Gasteiger partial charge is 0.368 e. The van der Waals surface area contributed by atoms with Crippen LogP contribution in [0.2, 0.25) is 5.02 Å². The second-order valence-electron chi connectivity index (χ2n) is 4.78. The van der Waals surface area contributed by atoms with Gasteiger partial charge in [-0.05, 0) is 50.2 Å². The third-order valence-electron chi connectivity index (χ3n) is 3.30. The van der Waals surface area contributed by atoms with Crippen molar-refractivity contribution >= 4 is 11.6 Å². The first kappa shape index (κ1) is 13.5. The summed E-state index contributed by atoms with van der Waals surface area (Å²) >= 11 is 5.85. The predicted molar refractivity (Wildman–Crippen MR) is 75.4 cm³/mol. The van der Waals surface area contributed by atoms with Crippen LogP contribution in [-0.2, 0) is 11.3 Å². The summed E-state index contributed by atoms with van der Waals surface area (Å²) in [6, 6.07) is 7.34. The van der Waals surface area contributed by atoms with Crippen LogP contribution >= 0.6 is 11.6 Å². The zero-order valence-corrected chi connectivity index (χ0v) is 11.8. The second-order valence-corrected chi connectivity index (χ2v) is 5.22. The van der Waals surface area contributed by atoms with Gasteiger partial charge >= 0.3 is 0 Å². The number of nitrogens with one attached hydrogen (secondary N) is 1. The molecule has 0 bridgehead atoms. The first-order valence-electron chi connectivity index (χ1n) is 6.72. The number of piperidine rings is 1. The molecule has 1 N–H and O–H groups in total. The third kappa shape index (κ3) is 3.36. The molecular weight excluding hydrogens is 278 g/mol. The summed E-state index contributed by atoms with van der Waals surface area (Å²) < 4.78 is 11.0. The number of aromatic nitrogens is 2. The molecule has 6 heteroatoms. The van der Waals surface area contributed by atoms with Crippen molar-refractivity contribution in [1.29, 1.82) is 0 Å². The Morgan fingerprint density at radius 3 is 2.75 bits per heavy atom. The number of benzene rings is 1. The van der Waals surface area contributed by atoms with Gasteiger partial charge in [-0.2, -0.15) is 4.98 Å².